The Kier molecular flexibility index (Phi) is 5.50. The first kappa shape index (κ1) is 20.2. The number of carbonyl (C=O) groups excluding carboxylic acids is 1. The Labute approximate surface area is 187 Å². The lowest BCUT2D eigenvalue weighted by molar-refractivity contribution is 0.0327. The summed E-state index contributed by atoms with van der Waals surface area (Å²) in [6, 6.07) is 18.1. The van der Waals surface area contributed by atoms with Crippen molar-refractivity contribution in [2.45, 2.75) is 38.8 Å². The second-order valence-corrected chi connectivity index (χ2v) is 9.32. The number of rotatable bonds is 5. The number of hydrogen-bond acceptors (Lipinski definition) is 5. The molecule has 31 heavy (non-hydrogen) atoms. The average Bonchev–Trinajstić information content (AvgIpc) is 3.22. The van der Waals surface area contributed by atoms with Gasteiger partial charge < -0.3 is 9.64 Å². The van der Waals surface area contributed by atoms with Gasteiger partial charge in [-0.1, -0.05) is 29.5 Å². The van der Waals surface area contributed by atoms with Crippen molar-refractivity contribution in [3.63, 3.8) is 0 Å². The van der Waals surface area contributed by atoms with Crippen molar-refractivity contribution >= 4 is 22.9 Å². The van der Waals surface area contributed by atoms with Crippen LogP contribution >= 0.6 is 11.3 Å². The van der Waals surface area contributed by atoms with E-state index in [2.05, 4.69) is 16.8 Å². The monoisotopic (exact) mass is 433 g/mol. The molecular weight excluding hydrogens is 406 g/mol. The van der Waals surface area contributed by atoms with E-state index in [1.54, 1.807) is 0 Å². The number of fused-ring (bicyclic) bond motifs is 3. The SMILES string of the molecule is Cc1csc(Oc2ccc(C(=O)N(c3ccccc3)[C@@H]3C4CCN(CC4)[C@H]3C)cc2)n1. The number of aromatic nitrogens is 1. The van der Waals surface area contributed by atoms with E-state index in [1.807, 2.05) is 71.8 Å². The minimum absolute atomic E-state index is 0.0495. The molecule has 4 heterocycles. The number of hydrogen-bond donors (Lipinski definition) is 0. The van der Waals surface area contributed by atoms with Crippen molar-refractivity contribution in [1.82, 2.24) is 9.88 Å². The maximum atomic E-state index is 13.8. The summed E-state index contributed by atoms with van der Waals surface area (Å²) in [6.45, 7) is 6.49. The van der Waals surface area contributed by atoms with Crippen molar-refractivity contribution < 1.29 is 9.53 Å². The van der Waals surface area contributed by atoms with Crippen LogP contribution in [0.3, 0.4) is 0 Å². The van der Waals surface area contributed by atoms with Crippen molar-refractivity contribution in [3.05, 3.63) is 71.2 Å². The van der Waals surface area contributed by atoms with Gasteiger partial charge in [0.15, 0.2) is 0 Å². The Morgan fingerprint density at radius 2 is 1.81 bits per heavy atom. The topological polar surface area (TPSA) is 45.7 Å². The van der Waals surface area contributed by atoms with Crippen LogP contribution in [0.2, 0.25) is 0 Å². The third kappa shape index (κ3) is 3.98. The van der Waals surface area contributed by atoms with Gasteiger partial charge in [0.1, 0.15) is 5.75 Å². The number of piperidine rings is 3. The summed E-state index contributed by atoms with van der Waals surface area (Å²) in [7, 11) is 0. The van der Waals surface area contributed by atoms with Crippen molar-refractivity contribution in [2.24, 2.45) is 5.92 Å². The molecule has 2 atom stereocenters. The Morgan fingerprint density at radius 1 is 1.10 bits per heavy atom. The summed E-state index contributed by atoms with van der Waals surface area (Å²) in [5.74, 6) is 1.28. The number of carbonyl (C=O) groups is 1. The second-order valence-electron chi connectivity index (χ2n) is 8.50. The molecule has 3 saturated heterocycles. The highest BCUT2D eigenvalue weighted by Crippen LogP contribution is 2.38. The normalized spacial score (nSPS) is 24.7. The first-order valence-electron chi connectivity index (χ1n) is 10.9. The molecule has 2 bridgehead atoms. The molecule has 3 aliphatic heterocycles. The molecule has 1 aromatic heterocycles. The molecule has 0 saturated carbocycles. The van der Waals surface area contributed by atoms with Gasteiger partial charge in [0.05, 0.1) is 11.7 Å². The molecule has 0 unspecified atom stereocenters. The lowest BCUT2D eigenvalue weighted by Gasteiger charge is -2.53. The van der Waals surface area contributed by atoms with Gasteiger partial charge in [-0.25, -0.2) is 4.98 Å². The highest BCUT2D eigenvalue weighted by molar-refractivity contribution is 7.11. The van der Waals surface area contributed by atoms with Gasteiger partial charge in [-0.3, -0.25) is 9.69 Å². The summed E-state index contributed by atoms with van der Waals surface area (Å²) in [5, 5.41) is 2.57. The number of thiazole rings is 1. The third-order valence-corrected chi connectivity index (χ3v) is 7.42. The number of amides is 1. The van der Waals surface area contributed by atoms with Gasteiger partial charge in [-0.15, -0.1) is 0 Å². The smallest absolute Gasteiger partial charge is 0.278 e. The predicted molar refractivity (Wildman–Crippen MR) is 124 cm³/mol. The molecule has 5 nitrogen and oxygen atoms in total. The highest BCUT2D eigenvalue weighted by Gasteiger charge is 2.44. The van der Waals surface area contributed by atoms with E-state index in [4.69, 9.17) is 4.74 Å². The fraction of sp³-hybridized carbons (Fsp3) is 0.360. The zero-order chi connectivity index (χ0) is 21.4. The lowest BCUT2D eigenvalue weighted by Crippen LogP contribution is -2.63. The van der Waals surface area contributed by atoms with Crippen LogP contribution < -0.4 is 9.64 Å². The van der Waals surface area contributed by atoms with Crippen LogP contribution in [0.25, 0.3) is 0 Å². The summed E-state index contributed by atoms with van der Waals surface area (Å²) in [4.78, 5) is 22.7. The van der Waals surface area contributed by atoms with E-state index in [9.17, 15) is 4.79 Å². The quantitative estimate of drug-likeness (QED) is 0.542. The van der Waals surface area contributed by atoms with Gasteiger partial charge in [0.25, 0.3) is 11.1 Å². The van der Waals surface area contributed by atoms with Crippen LogP contribution in [-0.4, -0.2) is 41.0 Å². The third-order valence-electron chi connectivity index (χ3n) is 6.58. The summed E-state index contributed by atoms with van der Waals surface area (Å²) in [6.07, 6.45) is 2.32. The number of anilines is 1. The minimum atomic E-state index is 0.0495. The zero-order valence-corrected chi connectivity index (χ0v) is 18.7. The maximum absolute atomic E-state index is 13.8. The maximum Gasteiger partial charge on any atom is 0.278 e. The van der Waals surface area contributed by atoms with Gasteiger partial charge in [0.2, 0.25) is 0 Å². The van der Waals surface area contributed by atoms with E-state index in [1.165, 1.54) is 11.3 Å². The molecule has 3 aromatic rings. The fourth-order valence-electron chi connectivity index (χ4n) is 5.00. The van der Waals surface area contributed by atoms with E-state index in [-0.39, 0.29) is 11.9 Å². The number of nitrogens with zero attached hydrogens (tertiary/aromatic N) is 3. The summed E-state index contributed by atoms with van der Waals surface area (Å²) < 4.78 is 5.83. The standard InChI is InChI=1S/C25H27N3O2S/c1-17-16-31-25(26-17)30-22-10-8-20(9-11-22)24(29)28(21-6-4-3-5-7-21)23-18(2)27-14-12-19(23)13-15-27/h3-11,16,18-19,23H,12-15H2,1-2H3/t18-,23-/m0/s1. The van der Waals surface area contributed by atoms with Crippen molar-refractivity contribution in [2.75, 3.05) is 18.0 Å². The number of para-hydroxylation sites is 1. The molecule has 160 valence electrons. The molecule has 0 radical (unpaired) electrons. The summed E-state index contributed by atoms with van der Waals surface area (Å²) >= 11 is 1.47. The van der Waals surface area contributed by atoms with E-state index in [0.29, 0.717) is 28.5 Å². The Morgan fingerprint density at radius 3 is 2.42 bits per heavy atom. The largest absolute Gasteiger partial charge is 0.431 e. The average molecular weight is 434 g/mol. The van der Waals surface area contributed by atoms with Crippen LogP contribution in [0.1, 0.15) is 35.8 Å². The number of aryl methyl sites for hydroxylation is 1. The van der Waals surface area contributed by atoms with Crippen molar-refractivity contribution in [3.8, 4) is 10.9 Å². The zero-order valence-electron chi connectivity index (χ0n) is 17.9. The van der Waals surface area contributed by atoms with Crippen molar-refractivity contribution in [1.29, 1.82) is 0 Å². The molecule has 3 fully saturated rings. The van der Waals surface area contributed by atoms with Gasteiger partial charge >= 0.3 is 0 Å². The van der Waals surface area contributed by atoms with E-state index < -0.39 is 0 Å². The lowest BCUT2D eigenvalue weighted by atomic mass is 9.78. The first-order chi connectivity index (χ1) is 15.1. The second kappa shape index (κ2) is 8.44. The van der Waals surface area contributed by atoms with Gasteiger partial charge in [-0.2, -0.15) is 0 Å². The number of benzene rings is 2. The van der Waals surface area contributed by atoms with Crippen LogP contribution in [0.15, 0.2) is 60.0 Å². The van der Waals surface area contributed by atoms with E-state index >= 15 is 0 Å². The molecule has 6 rings (SSSR count). The van der Waals surface area contributed by atoms with Crippen LogP contribution in [-0.2, 0) is 0 Å². The molecule has 1 amide bonds. The molecule has 2 aromatic carbocycles. The van der Waals surface area contributed by atoms with Crippen LogP contribution in [0.5, 0.6) is 10.9 Å². The molecule has 0 aliphatic carbocycles. The first-order valence-corrected chi connectivity index (χ1v) is 11.8. The molecule has 6 heteroatoms. The molecular formula is C25H27N3O2S. The highest BCUT2D eigenvalue weighted by atomic mass is 32.1. The minimum Gasteiger partial charge on any atom is -0.431 e. The molecule has 0 N–H and O–H groups in total. The molecule has 3 aliphatic rings. The fourth-order valence-corrected chi connectivity index (χ4v) is 5.67. The van der Waals surface area contributed by atoms with Crippen LogP contribution in [0.4, 0.5) is 5.69 Å². The van der Waals surface area contributed by atoms with Gasteiger partial charge in [0, 0.05) is 22.7 Å². The number of ether oxygens (including phenoxy) is 1. The predicted octanol–water partition coefficient (Wildman–Crippen LogP) is 5.37. The van der Waals surface area contributed by atoms with Crippen LogP contribution in [0, 0.1) is 12.8 Å². The Bertz CT molecular complexity index is 1040. The Hall–Kier alpha value is -2.70. The molecule has 0 spiro atoms. The van der Waals surface area contributed by atoms with Gasteiger partial charge in [-0.05, 0) is 82.1 Å². The summed E-state index contributed by atoms with van der Waals surface area (Å²) in [5.41, 5.74) is 2.59. The van der Waals surface area contributed by atoms with E-state index in [0.717, 1.165) is 37.3 Å². The Balaban J connectivity index is 1.43.